The van der Waals surface area contributed by atoms with Gasteiger partial charge in [-0.25, -0.2) is 0 Å². The highest BCUT2D eigenvalue weighted by molar-refractivity contribution is 6.31. The van der Waals surface area contributed by atoms with Crippen molar-refractivity contribution in [2.24, 2.45) is 5.92 Å². The van der Waals surface area contributed by atoms with Crippen LogP contribution in [-0.2, 0) is 4.79 Å². The van der Waals surface area contributed by atoms with Crippen molar-refractivity contribution in [1.82, 2.24) is 4.90 Å². The molecule has 1 aliphatic rings. The van der Waals surface area contributed by atoms with E-state index in [9.17, 15) is 9.90 Å². The Hall–Kier alpha value is -1.32. The van der Waals surface area contributed by atoms with Gasteiger partial charge in [0.2, 0.25) is 5.91 Å². The van der Waals surface area contributed by atoms with Gasteiger partial charge in [-0.05, 0) is 43.5 Å². The van der Waals surface area contributed by atoms with Gasteiger partial charge in [0.15, 0.2) is 0 Å². The third-order valence-electron chi connectivity index (χ3n) is 3.83. The number of carbonyl (C=O) groups excluding carboxylic acids is 1. The number of aliphatic hydroxyl groups is 1. The van der Waals surface area contributed by atoms with E-state index in [1.54, 1.807) is 24.0 Å². The van der Waals surface area contributed by atoms with Gasteiger partial charge in [-0.3, -0.25) is 4.79 Å². The molecule has 1 saturated heterocycles. The summed E-state index contributed by atoms with van der Waals surface area (Å²) in [4.78, 5) is 13.8. The Bertz CT molecular complexity index is 525. The van der Waals surface area contributed by atoms with Crippen LogP contribution in [0, 0.1) is 12.8 Å². The molecule has 20 heavy (non-hydrogen) atoms. The van der Waals surface area contributed by atoms with Crippen molar-refractivity contribution in [3.8, 4) is 0 Å². The first-order chi connectivity index (χ1) is 9.47. The molecule has 0 bridgehead atoms. The molecule has 1 aliphatic heterocycles. The molecule has 1 fully saturated rings. The number of benzene rings is 1. The maximum absolute atomic E-state index is 12.1. The molecule has 2 unspecified atom stereocenters. The van der Waals surface area contributed by atoms with Gasteiger partial charge in [-0.15, -0.1) is 0 Å². The number of amides is 1. The van der Waals surface area contributed by atoms with Crippen LogP contribution >= 0.6 is 11.6 Å². The molecule has 3 nitrogen and oxygen atoms in total. The number of nitrogens with zero attached hydrogens (tertiary/aromatic N) is 1. The highest BCUT2D eigenvalue weighted by atomic mass is 35.5. The van der Waals surface area contributed by atoms with E-state index in [0.29, 0.717) is 18.1 Å². The minimum absolute atomic E-state index is 0.00940. The summed E-state index contributed by atoms with van der Waals surface area (Å²) in [6.07, 6.45) is 3.87. The van der Waals surface area contributed by atoms with Gasteiger partial charge < -0.3 is 10.0 Å². The van der Waals surface area contributed by atoms with E-state index in [0.717, 1.165) is 17.5 Å². The summed E-state index contributed by atoms with van der Waals surface area (Å²) < 4.78 is 0. The van der Waals surface area contributed by atoms with Crippen LogP contribution in [0.1, 0.15) is 24.5 Å². The van der Waals surface area contributed by atoms with Gasteiger partial charge in [0, 0.05) is 30.1 Å². The molecule has 108 valence electrons. The molecule has 1 aromatic carbocycles. The zero-order chi connectivity index (χ0) is 14.7. The molecular formula is C16H20ClNO2. The van der Waals surface area contributed by atoms with E-state index in [-0.39, 0.29) is 17.9 Å². The summed E-state index contributed by atoms with van der Waals surface area (Å²) in [6.45, 7) is 5.08. The van der Waals surface area contributed by atoms with Crippen LogP contribution in [0.2, 0.25) is 5.02 Å². The van der Waals surface area contributed by atoms with Gasteiger partial charge in [0.25, 0.3) is 0 Å². The predicted molar refractivity (Wildman–Crippen MR) is 81.6 cm³/mol. The lowest BCUT2D eigenvalue weighted by Crippen LogP contribution is -2.28. The molecular weight excluding hydrogens is 274 g/mol. The molecule has 0 aromatic heterocycles. The SMILES string of the molecule is Cc1ccc(/C=C/C(=O)N2CCC(C(C)O)C2)cc1Cl. The lowest BCUT2D eigenvalue weighted by Gasteiger charge is -2.15. The number of aryl methyl sites for hydroxylation is 1. The molecule has 1 heterocycles. The first kappa shape index (κ1) is 15.1. The number of hydrogen-bond donors (Lipinski definition) is 1. The Kier molecular flexibility index (Phi) is 4.84. The molecule has 0 saturated carbocycles. The molecule has 2 rings (SSSR count). The largest absolute Gasteiger partial charge is 0.393 e. The van der Waals surface area contributed by atoms with Gasteiger partial charge in [0.1, 0.15) is 0 Å². The van der Waals surface area contributed by atoms with Gasteiger partial charge in [-0.2, -0.15) is 0 Å². The highest BCUT2D eigenvalue weighted by Gasteiger charge is 2.27. The Morgan fingerprint density at radius 1 is 1.55 bits per heavy atom. The van der Waals surface area contributed by atoms with Crippen molar-refractivity contribution in [3.63, 3.8) is 0 Å². The number of aliphatic hydroxyl groups excluding tert-OH is 1. The Labute approximate surface area is 124 Å². The maximum atomic E-state index is 12.1. The summed E-state index contributed by atoms with van der Waals surface area (Å²) in [6, 6.07) is 5.72. The van der Waals surface area contributed by atoms with E-state index >= 15 is 0 Å². The molecule has 2 atom stereocenters. The lowest BCUT2D eigenvalue weighted by molar-refractivity contribution is -0.125. The maximum Gasteiger partial charge on any atom is 0.246 e. The summed E-state index contributed by atoms with van der Waals surface area (Å²) in [5.74, 6) is 0.186. The van der Waals surface area contributed by atoms with Crippen LogP contribution < -0.4 is 0 Å². The average molecular weight is 294 g/mol. The average Bonchev–Trinajstić information content (AvgIpc) is 2.89. The fourth-order valence-corrected chi connectivity index (χ4v) is 2.56. The van der Waals surface area contributed by atoms with Gasteiger partial charge >= 0.3 is 0 Å². The zero-order valence-corrected chi connectivity index (χ0v) is 12.6. The van der Waals surface area contributed by atoms with Crippen LogP contribution in [0.4, 0.5) is 0 Å². The minimum Gasteiger partial charge on any atom is -0.393 e. The second kappa shape index (κ2) is 6.42. The van der Waals surface area contributed by atoms with Gasteiger partial charge in [0.05, 0.1) is 6.10 Å². The van der Waals surface area contributed by atoms with Crippen LogP contribution in [0.15, 0.2) is 24.3 Å². The summed E-state index contributed by atoms with van der Waals surface area (Å²) in [5, 5.41) is 10.2. The third-order valence-corrected chi connectivity index (χ3v) is 4.24. The zero-order valence-electron chi connectivity index (χ0n) is 11.8. The number of hydrogen-bond acceptors (Lipinski definition) is 2. The number of halogens is 1. The predicted octanol–water partition coefficient (Wildman–Crippen LogP) is 2.89. The summed E-state index contributed by atoms with van der Waals surface area (Å²) in [5.41, 5.74) is 1.94. The molecule has 0 aliphatic carbocycles. The normalized spacial score (nSPS) is 20.6. The molecule has 1 aromatic rings. The summed E-state index contributed by atoms with van der Waals surface area (Å²) >= 11 is 6.05. The quantitative estimate of drug-likeness (QED) is 0.871. The number of likely N-dealkylation sites (tertiary alicyclic amines) is 1. The number of carbonyl (C=O) groups is 1. The van der Waals surface area contributed by atoms with Crippen molar-refractivity contribution < 1.29 is 9.90 Å². The standard InChI is InChI=1S/C16H20ClNO2/c1-11-3-4-13(9-15(11)17)5-6-16(20)18-8-7-14(10-18)12(2)19/h3-6,9,12,14,19H,7-8,10H2,1-2H3/b6-5+. The Morgan fingerprint density at radius 3 is 2.90 bits per heavy atom. The van der Waals surface area contributed by atoms with Gasteiger partial charge in [-0.1, -0.05) is 23.7 Å². The molecule has 0 radical (unpaired) electrons. The van der Waals surface area contributed by atoms with Crippen molar-refractivity contribution >= 4 is 23.6 Å². The van der Waals surface area contributed by atoms with Crippen molar-refractivity contribution in [2.45, 2.75) is 26.4 Å². The highest BCUT2D eigenvalue weighted by Crippen LogP contribution is 2.21. The van der Waals surface area contributed by atoms with E-state index in [1.165, 1.54) is 0 Å². The van der Waals surface area contributed by atoms with E-state index in [1.807, 2.05) is 25.1 Å². The number of rotatable bonds is 3. The van der Waals surface area contributed by atoms with Crippen LogP contribution in [0.3, 0.4) is 0 Å². The Morgan fingerprint density at radius 2 is 2.30 bits per heavy atom. The first-order valence-corrected chi connectivity index (χ1v) is 7.26. The smallest absolute Gasteiger partial charge is 0.246 e. The second-order valence-corrected chi connectivity index (χ2v) is 5.82. The lowest BCUT2D eigenvalue weighted by atomic mass is 10.0. The first-order valence-electron chi connectivity index (χ1n) is 6.88. The van der Waals surface area contributed by atoms with Crippen LogP contribution in [0.5, 0.6) is 0 Å². The van der Waals surface area contributed by atoms with Crippen molar-refractivity contribution in [1.29, 1.82) is 0 Å². The van der Waals surface area contributed by atoms with E-state index < -0.39 is 0 Å². The fraction of sp³-hybridized carbons (Fsp3) is 0.438. The second-order valence-electron chi connectivity index (χ2n) is 5.42. The van der Waals surface area contributed by atoms with Crippen molar-refractivity contribution in [3.05, 3.63) is 40.4 Å². The fourth-order valence-electron chi connectivity index (χ4n) is 2.37. The molecule has 4 heteroatoms. The third kappa shape index (κ3) is 3.62. The Balaban J connectivity index is 1.97. The monoisotopic (exact) mass is 293 g/mol. The molecule has 1 amide bonds. The van der Waals surface area contributed by atoms with E-state index in [2.05, 4.69) is 0 Å². The van der Waals surface area contributed by atoms with Crippen LogP contribution in [-0.4, -0.2) is 35.1 Å². The summed E-state index contributed by atoms with van der Waals surface area (Å²) in [7, 11) is 0. The topological polar surface area (TPSA) is 40.5 Å². The van der Waals surface area contributed by atoms with Crippen molar-refractivity contribution in [2.75, 3.05) is 13.1 Å². The van der Waals surface area contributed by atoms with E-state index in [4.69, 9.17) is 11.6 Å². The van der Waals surface area contributed by atoms with Crippen LogP contribution in [0.25, 0.3) is 6.08 Å². The molecule has 1 N–H and O–H groups in total. The molecule has 0 spiro atoms. The minimum atomic E-state index is -0.354.